The van der Waals surface area contributed by atoms with Gasteiger partial charge in [-0.25, -0.2) is 9.98 Å². The summed E-state index contributed by atoms with van der Waals surface area (Å²) in [6.45, 7) is 0. The molecule has 0 saturated heterocycles. The number of rotatable bonds is 0. The molecule has 2 aliphatic rings. The second-order valence-corrected chi connectivity index (χ2v) is 4.01. The Labute approximate surface area is 84.2 Å². The molecule has 2 N–H and O–H groups in total. The lowest BCUT2D eigenvalue weighted by Crippen LogP contribution is -2.24. The Morgan fingerprint density at radius 1 is 1.69 bits per heavy atom. The van der Waals surface area contributed by atoms with Crippen LogP contribution in [0.15, 0.2) is 20.6 Å². The smallest absolute Gasteiger partial charge is 0.124 e. The van der Waals surface area contributed by atoms with Gasteiger partial charge in [-0.05, 0) is 0 Å². The number of nitrogens with zero attached hydrogens (tertiary/aromatic N) is 3. The number of aliphatic imine (C=N–C) groups is 2. The van der Waals surface area contributed by atoms with Crippen molar-refractivity contribution in [2.45, 2.75) is 5.25 Å². The van der Waals surface area contributed by atoms with Crippen LogP contribution in [-0.4, -0.2) is 22.3 Å². The van der Waals surface area contributed by atoms with Crippen molar-refractivity contribution in [3.8, 4) is 6.07 Å². The van der Waals surface area contributed by atoms with Gasteiger partial charge in [-0.1, -0.05) is 24.0 Å². The Kier molecular flexibility index (Phi) is 1.90. The Morgan fingerprint density at radius 2 is 2.46 bits per heavy atom. The van der Waals surface area contributed by atoms with E-state index in [1.54, 1.807) is 0 Å². The lowest BCUT2D eigenvalue weighted by molar-refractivity contribution is 1.43. The van der Waals surface area contributed by atoms with Crippen molar-refractivity contribution in [1.82, 2.24) is 0 Å². The van der Waals surface area contributed by atoms with E-state index in [4.69, 9.17) is 23.2 Å². The molecule has 0 bridgehead atoms. The van der Waals surface area contributed by atoms with E-state index in [9.17, 15) is 0 Å². The second kappa shape index (κ2) is 2.94. The van der Waals surface area contributed by atoms with E-state index in [-0.39, 0.29) is 5.25 Å². The number of thioether (sulfide) groups is 1. The van der Waals surface area contributed by atoms with Crippen molar-refractivity contribution < 1.29 is 0 Å². The van der Waals surface area contributed by atoms with Crippen LogP contribution in [0.1, 0.15) is 0 Å². The monoisotopic (exact) mass is 208 g/mol. The van der Waals surface area contributed by atoms with Crippen LogP contribution in [0.25, 0.3) is 0 Å². The number of allylic oxidation sites excluding steroid dienone is 1. The molecule has 2 aliphatic heterocycles. The summed E-state index contributed by atoms with van der Waals surface area (Å²) in [5.41, 5.74) is 6.71. The first-order valence-electron chi connectivity index (χ1n) is 3.45. The van der Waals surface area contributed by atoms with Gasteiger partial charge in [-0.3, -0.25) is 0 Å². The Hall–Kier alpha value is -1.19. The number of nitriles is 1. The molecule has 6 heteroatoms. The number of hydrogen-bond donors (Lipinski definition) is 1. The minimum absolute atomic E-state index is 0.130. The zero-order valence-electron chi connectivity index (χ0n) is 6.39. The minimum atomic E-state index is -0.130. The lowest BCUT2D eigenvalue weighted by Gasteiger charge is -2.10. The first kappa shape index (κ1) is 8.41. The van der Waals surface area contributed by atoms with Crippen LogP contribution in [0.4, 0.5) is 0 Å². The van der Waals surface area contributed by atoms with Crippen LogP contribution < -0.4 is 5.73 Å². The molecule has 0 saturated carbocycles. The van der Waals surface area contributed by atoms with Gasteiger partial charge in [0.25, 0.3) is 0 Å². The Bertz CT molecular complexity index is 413. The lowest BCUT2D eigenvalue weighted by atomic mass is 10.1. The molecule has 13 heavy (non-hydrogen) atoms. The summed E-state index contributed by atoms with van der Waals surface area (Å²) >= 11 is 6.35. The highest BCUT2D eigenvalue weighted by molar-refractivity contribution is 8.06. The first-order valence-corrected chi connectivity index (χ1v) is 4.74. The molecule has 0 aromatic rings. The van der Waals surface area contributed by atoms with Gasteiger partial charge < -0.3 is 5.73 Å². The third-order valence-corrected chi connectivity index (χ3v) is 3.34. The predicted octanol–water partition coefficient (Wildman–Crippen LogP) is 0.606. The SMILES string of the molecule is N#CC1=C(N)SC2C(=S)N=CN=C12. The Balaban J connectivity index is 2.49. The highest BCUT2D eigenvalue weighted by Crippen LogP contribution is 2.34. The number of fused-ring (bicyclic) bond motifs is 1. The van der Waals surface area contributed by atoms with E-state index >= 15 is 0 Å². The van der Waals surface area contributed by atoms with Gasteiger partial charge in [0.1, 0.15) is 28.2 Å². The van der Waals surface area contributed by atoms with E-state index in [1.165, 1.54) is 18.1 Å². The van der Waals surface area contributed by atoms with Crippen molar-refractivity contribution in [3.63, 3.8) is 0 Å². The van der Waals surface area contributed by atoms with E-state index in [2.05, 4.69) is 9.98 Å². The first-order chi connectivity index (χ1) is 6.24. The molecule has 0 fully saturated rings. The van der Waals surface area contributed by atoms with Crippen LogP contribution in [0.5, 0.6) is 0 Å². The fourth-order valence-corrected chi connectivity index (χ4v) is 2.40. The maximum atomic E-state index is 8.79. The maximum Gasteiger partial charge on any atom is 0.124 e. The quantitative estimate of drug-likeness (QED) is 0.592. The summed E-state index contributed by atoms with van der Waals surface area (Å²) in [6, 6.07) is 2.02. The molecule has 64 valence electrons. The Morgan fingerprint density at radius 3 is 3.15 bits per heavy atom. The summed E-state index contributed by atoms with van der Waals surface area (Å²) in [7, 11) is 0. The molecule has 0 aromatic carbocycles. The van der Waals surface area contributed by atoms with Crippen molar-refractivity contribution in [2.24, 2.45) is 15.7 Å². The van der Waals surface area contributed by atoms with Gasteiger partial charge >= 0.3 is 0 Å². The van der Waals surface area contributed by atoms with Gasteiger partial charge in [-0.15, -0.1) is 0 Å². The third-order valence-electron chi connectivity index (χ3n) is 1.71. The molecule has 1 unspecified atom stereocenters. The van der Waals surface area contributed by atoms with Crippen molar-refractivity contribution >= 4 is 41.0 Å². The van der Waals surface area contributed by atoms with Crippen LogP contribution in [0.3, 0.4) is 0 Å². The molecule has 2 heterocycles. The topological polar surface area (TPSA) is 74.5 Å². The molecule has 2 rings (SSSR count). The van der Waals surface area contributed by atoms with E-state index < -0.39 is 0 Å². The molecule has 0 spiro atoms. The molecular weight excluding hydrogens is 204 g/mol. The van der Waals surface area contributed by atoms with Crippen molar-refractivity contribution in [3.05, 3.63) is 10.6 Å². The van der Waals surface area contributed by atoms with Gasteiger partial charge in [0.2, 0.25) is 0 Å². The summed E-state index contributed by atoms with van der Waals surface area (Å²) in [4.78, 5) is 8.41. The maximum absolute atomic E-state index is 8.79. The summed E-state index contributed by atoms with van der Waals surface area (Å²) < 4.78 is 0. The van der Waals surface area contributed by atoms with Crippen LogP contribution in [-0.2, 0) is 0 Å². The summed E-state index contributed by atoms with van der Waals surface area (Å²) in [5.74, 6) is 0. The molecular formula is C7H4N4S2. The molecule has 0 aromatic heterocycles. The van der Waals surface area contributed by atoms with E-state index in [0.29, 0.717) is 21.3 Å². The third kappa shape index (κ3) is 1.17. The molecule has 0 radical (unpaired) electrons. The van der Waals surface area contributed by atoms with Crippen molar-refractivity contribution in [1.29, 1.82) is 5.26 Å². The van der Waals surface area contributed by atoms with Gasteiger partial charge in [0.05, 0.1) is 10.7 Å². The van der Waals surface area contributed by atoms with Gasteiger partial charge in [0, 0.05) is 0 Å². The molecule has 1 atom stereocenters. The zero-order chi connectivity index (χ0) is 9.42. The largest absolute Gasteiger partial charge is 0.392 e. The van der Waals surface area contributed by atoms with Crippen LogP contribution >= 0.6 is 24.0 Å². The van der Waals surface area contributed by atoms with Gasteiger partial charge in [0.15, 0.2) is 0 Å². The summed E-state index contributed by atoms with van der Waals surface area (Å²) in [5, 5.41) is 9.15. The average molecular weight is 208 g/mol. The zero-order valence-corrected chi connectivity index (χ0v) is 8.02. The van der Waals surface area contributed by atoms with Crippen LogP contribution in [0.2, 0.25) is 0 Å². The van der Waals surface area contributed by atoms with Gasteiger partial charge in [-0.2, -0.15) is 5.26 Å². The predicted molar refractivity (Wildman–Crippen MR) is 56.7 cm³/mol. The fraction of sp³-hybridized carbons (Fsp3) is 0.143. The normalized spacial score (nSPS) is 25.6. The number of nitrogens with two attached hydrogens (primary N) is 1. The minimum Gasteiger partial charge on any atom is -0.392 e. The second-order valence-electron chi connectivity index (χ2n) is 2.45. The molecule has 0 amide bonds. The highest BCUT2D eigenvalue weighted by atomic mass is 32.2. The standard InChI is InChI=1S/C7H4N4S2/c8-1-3-4-5(13-6(3)9)7(12)11-2-10-4/h2,5H,9H2. The molecule has 0 aliphatic carbocycles. The molecule has 4 nitrogen and oxygen atoms in total. The fourth-order valence-electron chi connectivity index (χ4n) is 1.13. The van der Waals surface area contributed by atoms with E-state index in [1.807, 2.05) is 6.07 Å². The van der Waals surface area contributed by atoms with E-state index in [0.717, 1.165) is 0 Å². The number of thiocarbonyl (C=S) groups is 1. The summed E-state index contributed by atoms with van der Waals surface area (Å²) in [6.07, 6.45) is 1.37. The highest BCUT2D eigenvalue weighted by Gasteiger charge is 2.35. The number of hydrogen-bond acceptors (Lipinski definition) is 5. The van der Waals surface area contributed by atoms with Crippen molar-refractivity contribution in [2.75, 3.05) is 0 Å². The van der Waals surface area contributed by atoms with Crippen LogP contribution in [0, 0.1) is 11.3 Å². The average Bonchev–Trinajstić information content (AvgIpc) is 2.43.